The summed E-state index contributed by atoms with van der Waals surface area (Å²) in [6.07, 6.45) is -0.738. The average Bonchev–Trinajstić information content (AvgIpc) is 2.98. The third kappa shape index (κ3) is 11.9. The van der Waals surface area contributed by atoms with Gasteiger partial charge in [0.2, 0.25) is 23.6 Å². The molecule has 0 spiro atoms. The van der Waals surface area contributed by atoms with Crippen molar-refractivity contribution in [2.45, 2.75) is 78.6 Å². The lowest BCUT2D eigenvalue weighted by molar-refractivity contribution is -0.141. The van der Waals surface area contributed by atoms with Crippen LogP contribution in [0.1, 0.15) is 61.2 Å². The Morgan fingerprint density at radius 1 is 0.766 bits per heavy atom. The molecule has 2 aromatic rings. The van der Waals surface area contributed by atoms with Crippen LogP contribution in [0.25, 0.3) is 0 Å². The Kier molecular flexibility index (Phi) is 14.1. The fourth-order valence-corrected chi connectivity index (χ4v) is 4.64. The normalized spacial score (nSPS) is 13.3. The molecule has 6 N–H and O–H groups in total. The van der Waals surface area contributed by atoms with Gasteiger partial charge in [-0.3, -0.25) is 28.8 Å². The molecule has 47 heavy (non-hydrogen) atoms. The fraction of sp³-hybridized carbons (Fsp3) is 0.424. The molecule has 0 saturated carbocycles. The van der Waals surface area contributed by atoms with E-state index in [4.69, 9.17) is 4.74 Å². The number of hydrogen-bond donors (Lipinski definition) is 6. The Labute approximate surface area is 272 Å². The number of rotatable bonds is 16. The van der Waals surface area contributed by atoms with Gasteiger partial charge in [-0.05, 0) is 55.5 Å². The monoisotopic (exact) mass is 654 g/mol. The first-order chi connectivity index (χ1) is 22.0. The molecular weight excluding hydrogens is 612 g/mol. The van der Waals surface area contributed by atoms with E-state index in [-0.39, 0.29) is 17.7 Å². The van der Waals surface area contributed by atoms with E-state index in [1.165, 1.54) is 26.0 Å². The molecule has 0 radical (unpaired) electrons. The van der Waals surface area contributed by atoms with E-state index >= 15 is 0 Å². The summed E-state index contributed by atoms with van der Waals surface area (Å²) in [6.45, 7) is 8.45. The number of aliphatic carboxylic acids is 1. The Hall–Kier alpha value is -5.27. The predicted molar refractivity (Wildman–Crippen MR) is 169 cm³/mol. The van der Waals surface area contributed by atoms with Crippen LogP contribution >= 0.6 is 0 Å². The number of hydrogen-bond acceptors (Lipinski definition) is 9. The third-order valence-corrected chi connectivity index (χ3v) is 7.18. The minimum atomic E-state index is -1.57. The third-order valence-electron chi connectivity index (χ3n) is 7.18. The largest absolute Gasteiger partial charge is 0.508 e. The lowest BCUT2D eigenvalue weighted by Gasteiger charge is -2.27. The lowest BCUT2D eigenvalue weighted by Crippen LogP contribution is -2.58. The van der Waals surface area contributed by atoms with Crippen molar-refractivity contribution in [1.82, 2.24) is 21.3 Å². The number of ketones is 1. The molecule has 0 aliphatic rings. The fourth-order valence-electron chi connectivity index (χ4n) is 4.64. The Morgan fingerprint density at radius 2 is 1.36 bits per heavy atom. The van der Waals surface area contributed by atoms with Crippen LogP contribution in [-0.2, 0) is 39.9 Å². The zero-order chi connectivity index (χ0) is 35.4. The molecule has 0 heterocycles. The van der Waals surface area contributed by atoms with Crippen LogP contribution in [0.4, 0.5) is 0 Å². The van der Waals surface area contributed by atoms with Crippen LogP contribution in [0.5, 0.6) is 5.75 Å². The second kappa shape index (κ2) is 17.4. The van der Waals surface area contributed by atoms with Gasteiger partial charge in [-0.1, -0.05) is 44.2 Å². The second-order valence-corrected chi connectivity index (χ2v) is 11.6. The summed E-state index contributed by atoms with van der Waals surface area (Å²) in [4.78, 5) is 88.0. The van der Waals surface area contributed by atoms with Crippen LogP contribution in [0.3, 0.4) is 0 Å². The summed E-state index contributed by atoms with van der Waals surface area (Å²) in [5.74, 6) is -6.27. The van der Waals surface area contributed by atoms with E-state index in [1.54, 1.807) is 58.0 Å². The number of carboxylic acid groups (broad SMARTS) is 1. The summed E-state index contributed by atoms with van der Waals surface area (Å²) < 4.78 is 5.12. The maximum Gasteiger partial charge on any atom is 0.339 e. The molecule has 0 unspecified atom stereocenters. The number of amides is 4. The molecule has 0 aliphatic heterocycles. The summed E-state index contributed by atoms with van der Waals surface area (Å²) in [5.41, 5.74) is 2.16. The van der Waals surface area contributed by atoms with Crippen LogP contribution in [-0.4, -0.2) is 82.3 Å². The first kappa shape index (κ1) is 37.9. The molecule has 2 rings (SSSR count). The van der Waals surface area contributed by atoms with E-state index in [2.05, 4.69) is 21.3 Å². The van der Waals surface area contributed by atoms with Crippen molar-refractivity contribution in [3.05, 3.63) is 64.7 Å². The predicted octanol–water partition coefficient (Wildman–Crippen LogP) is 1.09. The Bertz CT molecular complexity index is 1470. The zero-order valence-electron chi connectivity index (χ0n) is 27.2. The zero-order valence-corrected chi connectivity index (χ0v) is 27.2. The summed E-state index contributed by atoms with van der Waals surface area (Å²) in [7, 11) is 0. The number of aryl methyl sites for hydroxylation is 2. The summed E-state index contributed by atoms with van der Waals surface area (Å²) >= 11 is 0. The minimum Gasteiger partial charge on any atom is -0.508 e. The summed E-state index contributed by atoms with van der Waals surface area (Å²) in [6, 6.07) is 6.15. The van der Waals surface area contributed by atoms with Gasteiger partial charge < -0.3 is 36.2 Å². The molecular formula is C33H42N4O10. The molecule has 254 valence electrons. The minimum absolute atomic E-state index is 0.0271. The SMILES string of the molecule is CC(=O)N[C@@H](Cc1ccc(O)cc1)C(=O)N[C@H](C(=O)N[C@@H](C)C(=O)N[C@@H](CC(=O)O)C(=O)COC(=O)c1c(C)cccc1C)C(C)C. The number of Topliss-reactive ketones (excluding diaryl/α,β-unsaturated/α-hetero) is 1. The van der Waals surface area contributed by atoms with Gasteiger partial charge >= 0.3 is 11.9 Å². The average molecular weight is 655 g/mol. The lowest BCUT2D eigenvalue weighted by atomic mass is 10.0. The van der Waals surface area contributed by atoms with Crippen molar-refractivity contribution in [1.29, 1.82) is 0 Å². The van der Waals surface area contributed by atoms with Crippen molar-refractivity contribution in [2.24, 2.45) is 5.92 Å². The maximum absolute atomic E-state index is 13.2. The van der Waals surface area contributed by atoms with Crippen LogP contribution in [0, 0.1) is 19.8 Å². The van der Waals surface area contributed by atoms with Crippen molar-refractivity contribution >= 4 is 41.4 Å². The topological polar surface area (TPSA) is 217 Å². The number of nitrogens with one attached hydrogen (secondary N) is 4. The van der Waals surface area contributed by atoms with Crippen LogP contribution in [0.15, 0.2) is 42.5 Å². The highest BCUT2D eigenvalue weighted by Gasteiger charge is 2.32. The molecule has 0 aliphatic carbocycles. The Morgan fingerprint density at radius 3 is 1.89 bits per heavy atom. The van der Waals surface area contributed by atoms with Crippen molar-refractivity contribution in [3.63, 3.8) is 0 Å². The van der Waals surface area contributed by atoms with Gasteiger partial charge in [-0.2, -0.15) is 0 Å². The highest BCUT2D eigenvalue weighted by Crippen LogP contribution is 2.15. The van der Waals surface area contributed by atoms with E-state index < -0.39 is 84.5 Å². The second-order valence-electron chi connectivity index (χ2n) is 11.6. The van der Waals surface area contributed by atoms with Gasteiger partial charge in [-0.25, -0.2) is 4.79 Å². The van der Waals surface area contributed by atoms with Gasteiger partial charge in [0.1, 0.15) is 29.9 Å². The summed E-state index contributed by atoms with van der Waals surface area (Å²) in [5, 5.41) is 28.7. The van der Waals surface area contributed by atoms with Gasteiger partial charge in [0, 0.05) is 13.3 Å². The number of aromatic hydroxyl groups is 1. The standard InChI is InChI=1S/C33H42N4O10/c1-17(2)29(37-31(44)25(35-21(6)38)14-22-10-12-23(39)13-11-22)32(45)34-20(5)30(43)36-24(15-27(41)42)26(40)16-47-33(46)28-18(3)8-7-9-19(28)4/h7-13,17,20,24-25,29,39H,14-16H2,1-6H3,(H,34,45)(H,35,38)(H,36,43)(H,37,44)(H,41,42)/t20-,24-,25-,29-/m0/s1. The van der Waals surface area contributed by atoms with E-state index in [0.717, 1.165) is 0 Å². The first-order valence-corrected chi connectivity index (χ1v) is 14.9. The van der Waals surface area contributed by atoms with Crippen LogP contribution < -0.4 is 21.3 Å². The molecule has 4 amide bonds. The smallest absolute Gasteiger partial charge is 0.339 e. The number of carbonyl (C=O) groups excluding carboxylic acids is 6. The highest BCUT2D eigenvalue weighted by atomic mass is 16.5. The maximum atomic E-state index is 13.2. The van der Waals surface area contributed by atoms with Gasteiger partial charge in [0.25, 0.3) is 0 Å². The number of phenols is 1. The van der Waals surface area contributed by atoms with Gasteiger partial charge in [0.15, 0.2) is 12.4 Å². The highest BCUT2D eigenvalue weighted by molar-refractivity contribution is 5.98. The number of phenolic OH excluding ortho intramolecular Hbond substituents is 1. The quantitative estimate of drug-likeness (QED) is 0.142. The Balaban J connectivity index is 2.07. The first-order valence-electron chi connectivity index (χ1n) is 14.9. The van der Waals surface area contributed by atoms with Gasteiger partial charge in [0.05, 0.1) is 12.0 Å². The van der Waals surface area contributed by atoms with E-state index in [9.17, 15) is 43.8 Å². The van der Waals surface area contributed by atoms with E-state index in [1.807, 2.05) is 0 Å². The number of carbonyl (C=O) groups is 7. The molecule has 0 saturated heterocycles. The molecule has 0 aromatic heterocycles. The number of carboxylic acids is 1. The van der Waals surface area contributed by atoms with Crippen molar-refractivity contribution in [2.75, 3.05) is 6.61 Å². The van der Waals surface area contributed by atoms with E-state index in [0.29, 0.717) is 16.7 Å². The number of benzene rings is 2. The van der Waals surface area contributed by atoms with Crippen molar-refractivity contribution in [3.8, 4) is 5.75 Å². The molecule has 0 fully saturated rings. The van der Waals surface area contributed by atoms with Gasteiger partial charge in [-0.15, -0.1) is 0 Å². The van der Waals surface area contributed by atoms with Crippen molar-refractivity contribution < 1.29 is 48.5 Å². The van der Waals surface area contributed by atoms with Crippen LogP contribution in [0.2, 0.25) is 0 Å². The number of esters is 1. The molecule has 2 aromatic carbocycles. The molecule has 0 bridgehead atoms. The molecule has 4 atom stereocenters. The molecule has 14 nitrogen and oxygen atoms in total. The number of ether oxygens (including phenoxy) is 1. The molecule has 14 heteroatoms.